The fourth-order valence-electron chi connectivity index (χ4n) is 3.16. The number of likely N-dealkylation sites (tertiary alicyclic amines) is 1. The number of carboxylic acid groups (broad SMARTS) is 1. The topological polar surface area (TPSA) is 69.6 Å². The van der Waals surface area contributed by atoms with Gasteiger partial charge in [-0.25, -0.2) is 4.79 Å². The quantitative estimate of drug-likeness (QED) is 0.754. The monoisotopic (exact) mass is 298 g/mol. The molecule has 5 nitrogen and oxygen atoms in total. The van der Waals surface area contributed by atoms with Gasteiger partial charge in [-0.05, 0) is 24.2 Å². The molecule has 2 N–H and O–H groups in total. The summed E-state index contributed by atoms with van der Waals surface area (Å²) < 4.78 is 0. The third-order valence-corrected chi connectivity index (χ3v) is 4.40. The molecule has 0 aromatic carbocycles. The molecule has 0 aliphatic carbocycles. The van der Waals surface area contributed by atoms with Crippen LogP contribution in [0.1, 0.15) is 47.0 Å². The number of carboxylic acids is 1. The second-order valence-corrected chi connectivity index (χ2v) is 6.72. The molecular weight excluding hydrogens is 268 g/mol. The summed E-state index contributed by atoms with van der Waals surface area (Å²) in [6.45, 7) is 11.1. The normalized spacial score (nSPS) is 26.1. The molecule has 4 unspecified atom stereocenters. The lowest BCUT2D eigenvalue weighted by molar-refractivity contribution is -0.143. The van der Waals surface area contributed by atoms with E-state index in [2.05, 4.69) is 24.1 Å². The SMILES string of the molecule is CCC(C)C(NC(=O)CCN1CC(C)CC(C)C1)C(=O)O. The molecule has 4 atom stereocenters. The fourth-order valence-corrected chi connectivity index (χ4v) is 3.16. The van der Waals surface area contributed by atoms with Crippen LogP contribution < -0.4 is 5.32 Å². The molecule has 21 heavy (non-hydrogen) atoms. The number of carbonyl (C=O) groups is 2. The number of aliphatic carboxylic acids is 1. The minimum absolute atomic E-state index is 0.0542. The maximum absolute atomic E-state index is 12.0. The summed E-state index contributed by atoms with van der Waals surface area (Å²) in [5.74, 6) is 0.181. The Morgan fingerprint density at radius 2 is 1.86 bits per heavy atom. The molecule has 1 saturated heterocycles. The van der Waals surface area contributed by atoms with Crippen molar-refractivity contribution in [3.8, 4) is 0 Å². The average Bonchev–Trinajstić information content (AvgIpc) is 2.40. The minimum atomic E-state index is -0.946. The molecule has 0 aromatic rings. The largest absolute Gasteiger partial charge is 0.480 e. The number of rotatable bonds is 7. The van der Waals surface area contributed by atoms with Crippen LogP contribution in [0.15, 0.2) is 0 Å². The zero-order valence-electron chi connectivity index (χ0n) is 13.8. The summed E-state index contributed by atoms with van der Waals surface area (Å²) >= 11 is 0. The first kappa shape index (κ1) is 18.0. The number of carbonyl (C=O) groups excluding carboxylic acids is 1. The van der Waals surface area contributed by atoms with Crippen molar-refractivity contribution >= 4 is 11.9 Å². The predicted molar refractivity (Wildman–Crippen MR) is 83.0 cm³/mol. The minimum Gasteiger partial charge on any atom is -0.480 e. The van der Waals surface area contributed by atoms with Crippen molar-refractivity contribution in [1.82, 2.24) is 10.2 Å². The third kappa shape index (κ3) is 6.04. The van der Waals surface area contributed by atoms with Crippen molar-refractivity contribution in [2.45, 2.75) is 53.0 Å². The summed E-state index contributed by atoms with van der Waals surface area (Å²) in [5.41, 5.74) is 0. The van der Waals surface area contributed by atoms with Crippen LogP contribution >= 0.6 is 0 Å². The summed E-state index contributed by atoms with van der Waals surface area (Å²) in [7, 11) is 0. The van der Waals surface area contributed by atoms with E-state index in [4.69, 9.17) is 0 Å². The number of nitrogens with one attached hydrogen (secondary N) is 1. The number of amides is 1. The van der Waals surface area contributed by atoms with Crippen LogP contribution in [0.25, 0.3) is 0 Å². The van der Waals surface area contributed by atoms with Crippen molar-refractivity contribution in [3.05, 3.63) is 0 Å². The van der Waals surface area contributed by atoms with Gasteiger partial charge < -0.3 is 15.3 Å². The highest BCUT2D eigenvalue weighted by Crippen LogP contribution is 2.20. The molecule has 0 saturated carbocycles. The van der Waals surface area contributed by atoms with E-state index in [1.54, 1.807) is 0 Å². The smallest absolute Gasteiger partial charge is 0.326 e. The Bertz CT molecular complexity index is 349. The van der Waals surface area contributed by atoms with Crippen LogP contribution in [0.5, 0.6) is 0 Å². The van der Waals surface area contributed by atoms with E-state index in [1.165, 1.54) is 6.42 Å². The molecule has 0 aromatic heterocycles. The van der Waals surface area contributed by atoms with Gasteiger partial charge in [0.15, 0.2) is 0 Å². The zero-order chi connectivity index (χ0) is 16.0. The highest BCUT2D eigenvalue weighted by atomic mass is 16.4. The Labute approximate surface area is 128 Å². The van der Waals surface area contributed by atoms with Gasteiger partial charge in [0.1, 0.15) is 6.04 Å². The molecule has 1 rings (SSSR count). The van der Waals surface area contributed by atoms with Crippen LogP contribution in [0.4, 0.5) is 0 Å². The molecule has 5 heteroatoms. The molecule has 1 heterocycles. The average molecular weight is 298 g/mol. The highest BCUT2D eigenvalue weighted by Gasteiger charge is 2.26. The van der Waals surface area contributed by atoms with E-state index in [0.29, 0.717) is 24.8 Å². The van der Waals surface area contributed by atoms with Gasteiger partial charge in [-0.15, -0.1) is 0 Å². The van der Waals surface area contributed by atoms with Gasteiger partial charge in [0.2, 0.25) is 5.91 Å². The Morgan fingerprint density at radius 1 is 1.29 bits per heavy atom. The first-order valence-corrected chi connectivity index (χ1v) is 8.08. The van der Waals surface area contributed by atoms with E-state index in [9.17, 15) is 14.7 Å². The summed E-state index contributed by atoms with van der Waals surface area (Å²) in [6, 6.07) is -0.776. The number of hydrogen-bond acceptors (Lipinski definition) is 3. The summed E-state index contributed by atoms with van der Waals surface area (Å²) in [5, 5.41) is 11.8. The van der Waals surface area contributed by atoms with Crippen molar-refractivity contribution in [2.24, 2.45) is 17.8 Å². The lowest BCUT2D eigenvalue weighted by Crippen LogP contribution is -2.46. The number of hydrogen-bond donors (Lipinski definition) is 2. The summed E-state index contributed by atoms with van der Waals surface area (Å²) in [6.07, 6.45) is 2.36. The second kappa shape index (κ2) is 8.37. The van der Waals surface area contributed by atoms with Gasteiger partial charge in [0.25, 0.3) is 0 Å². The highest BCUT2D eigenvalue weighted by molar-refractivity contribution is 5.83. The maximum Gasteiger partial charge on any atom is 0.326 e. The van der Waals surface area contributed by atoms with Crippen LogP contribution in [-0.4, -0.2) is 47.6 Å². The van der Waals surface area contributed by atoms with Crippen LogP contribution in [-0.2, 0) is 9.59 Å². The molecule has 0 radical (unpaired) electrons. The number of nitrogens with zero attached hydrogens (tertiary/aromatic N) is 1. The molecule has 1 aliphatic rings. The molecule has 0 bridgehead atoms. The Kier molecular flexibility index (Phi) is 7.15. The van der Waals surface area contributed by atoms with Crippen molar-refractivity contribution in [3.63, 3.8) is 0 Å². The van der Waals surface area contributed by atoms with Gasteiger partial charge in [-0.2, -0.15) is 0 Å². The van der Waals surface area contributed by atoms with E-state index in [0.717, 1.165) is 19.5 Å². The third-order valence-electron chi connectivity index (χ3n) is 4.40. The Morgan fingerprint density at radius 3 is 2.33 bits per heavy atom. The van der Waals surface area contributed by atoms with Gasteiger partial charge in [-0.3, -0.25) is 4.79 Å². The summed E-state index contributed by atoms with van der Waals surface area (Å²) in [4.78, 5) is 25.5. The lowest BCUT2D eigenvalue weighted by Gasteiger charge is -2.34. The molecule has 1 amide bonds. The lowest BCUT2D eigenvalue weighted by atomic mass is 9.92. The van der Waals surface area contributed by atoms with E-state index in [1.807, 2.05) is 13.8 Å². The fraction of sp³-hybridized carbons (Fsp3) is 0.875. The Hall–Kier alpha value is -1.10. The molecule has 1 fully saturated rings. The van der Waals surface area contributed by atoms with Crippen LogP contribution in [0.3, 0.4) is 0 Å². The number of piperidine rings is 1. The van der Waals surface area contributed by atoms with E-state index < -0.39 is 12.0 Å². The second-order valence-electron chi connectivity index (χ2n) is 6.72. The van der Waals surface area contributed by atoms with E-state index >= 15 is 0 Å². The predicted octanol–water partition coefficient (Wildman–Crippen LogP) is 1.97. The van der Waals surface area contributed by atoms with Crippen molar-refractivity contribution < 1.29 is 14.7 Å². The van der Waals surface area contributed by atoms with Crippen molar-refractivity contribution in [2.75, 3.05) is 19.6 Å². The van der Waals surface area contributed by atoms with Gasteiger partial charge >= 0.3 is 5.97 Å². The van der Waals surface area contributed by atoms with Crippen molar-refractivity contribution in [1.29, 1.82) is 0 Å². The standard InChI is InChI=1S/C16H30N2O3/c1-5-13(4)15(16(20)21)17-14(19)6-7-18-9-11(2)8-12(3)10-18/h11-13,15H,5-10H2,1-4H3,(H,17,19)(H,20,21). The molecule has 122 valence electrons. The van der Waals surface area contributed by atoms with Gasteiger partial charge in [0.05, 0.1) is 0 Å². The first-order valence-electron chi connectivity index (χ1n) is 8.08. The molecule has 0 spiro atoms. The van der Waals surface area contributed by atoms with Gasteiger partial charge in [0, 0.05) is 26.1 Å². The van der Waals surface area contributed by atoms with Gasteiger partial charge in [-0.1, -0.05) is 34.1 Å². The van der Waals surface area contributed by atoms with Crippen LogP contribution in [0, 0.1) is 17.8 Å². The maximum atomic E-state index is 12.0. The van der Waals surface area contributed by atoms with Crippen LogP contribution in [0.2, 0.25) is 0 Å². The van der Waals surface area contributed by atoms with E-state index in [-0.39, 0.29) is 11.8 Å². The molecule has 1 aliphatic heterocycles. The first-order chi connectivity index (χ1) is 9.83. The Balaban J connectivity index is 2.40. The molecular formula is C16H30N2O3. The zero-order valence-corrected chi connectivity index (χ0v) is 13.8.